The number of hydrogen-bond acceptors (Lipinski definition) is 4. The van der Waals surface area contributed by atoms with E-state index in [2.05, 4.69) is 21.3 Å². The Bertz CT molecular complexity index is 649. The number of ether oxygens (including phenoxy) is 1. The van der Waals surface area contributed by atoms with Crippen molar-refractivity contribution < 1.29 is 4.74 Å². The number of halogens is 1. The Morgan fingerprint density at radius 3 is 2.91 bits per heavy atom. The molecule has 0 bridgehead atoms. The van der Waals surface area contributed by atoms with Crippen LogP contribution in [-0.4, -0.2) is 35.3 Å². The minimum Gasteiger partial charge on any atom is -0.383 e. The molecule has 3 rings (SSSR count). The maximum atomic E-state index is 6.13. The summed E-state index contributed by atoms with van der Waals surface area (Å²) in [7, 11) is 1.69. The second-order valence-electron chi connectivity index (χ2n) is 4.95. The summed E-state index contributed by atoms with van der Waals surface area (Å²) in [5.74, 6) is 0. The third-order valence-electron chi connectivity index (χ3n) is 3.62. The molecule has 0 spiro atoms. The van der Waals surface area contributed by atoms with Crippen LogP contribution in [0.4, 0.5) is 0 Å². The summed E-state index contributed by atoms with van der Waals surface area (Å²) in [5, 5.41) is 4.11. The Balaban J connectivity index is 1.96. The Kier molecular flexibility index (Phi) is 4.93. The Morgan fingerprint density at radius 2 is 2.27 bits per heavy atom. The van der Waals surface area contributed by atoms with Crippen molar-refractivity contribution in [2.75, 3.05) is 20.3 Å². The van der Waals surface area contributed by atoms with E-state index in [0.717, 1.165) is 21.7 Å². The molecule has 22 heavy (non-hydrogen) atoms. The van der Waals surface area contributed by atoms with Crippen LogP contribution in [0.5, 0.6) is 0 Å². The maximum Gasteiger partial charge on any atom is 0.170 e. The molecular formula is C15H16ClN3OS2. The van der Waals surface area contributed by atoms with Crippen molar-refractivity contribution >= 4 is 40.3 Å². The topological polar surface area (TPSA) is 37.4 Å². The third kappa shape index (κ3) is 3.10. The molecule has 0 radical (unpaired) electrons. The van der Waals surface area contributed by atoms with Crippen LogP contribution in [0.1, 0.15) is 22.7 Å². The molecule has 7 heteroatoms. The molecule has 4 nitrogen and oxygen atoms in total. The summed E-state index contributed by atoms with van der Waals surface area (Å²) in [6.45, 7) is 1.35. The number of thiophene rings is 1. The highest BCUT2D eigenvalue weighted by Crippen LogP contribution is 2.41. The van der Waals surface area contributed by atoms with E-state index in [1.165, 1.54) is 4.88 Å². The summed E-state index contributed by atoms with van der Waals surface area (Å²) in [5.41, 5.74) is 0.972. The molecule has 3 heterocycles. The number of thiocarbonyl (C=S) groups is 1. The SMILES string of the molecule is COCCN1C(=S)N[C@H](c2ccccn2)[C@H]1c1ccc(Cl)s1. The van der Waals surface area contributed by atoms with Gasteiger partial charge in [-0.2, -0.15) is 0 Å². The quantitative estimate of drug-likeness (QED) is 0.834. The molecule has 1 aliphatic rings. The van der Waals surface area contributed by atoms with Crippen LogP contribution in [0, 0.1) is 0 Å². The van der Waals surface area contributed by atoms with Gasteiger partial charge >= 0.3 is 0 Å². The molecule has 1 N–H and O–H groups in total. The van der Waals surface area contributed by atoms with E-state index < -0.39 is 0 Å². The standard InChI is InChI=1S/C15H16ClN3OS2/c1-20-9-8-19-14(11-5-6-12(16)22-11)13(18-15(19)21)10-4-2-3-7-17-10/h2-7,13-14H,8-9H2,1H3,(H,18,21)/t13-,14-/m1/s1. The fraction of sp³-hybridized carbons (Fsp3) is 0.333. The molecule has 0 unspecified atom stereocenters. The number of nitrogens with zero attached hydrogens (tertiary/aromatic N) is 2. The largest absolute Gasteiger partial charge is 0.383 e. The second kappa shape index (κ2) is 6.91. The van der Waals surface area contributed by atoms with Gasteiger partial charge in [-0.05, 0) is 36.5 Å². The van der Waals surface area contributed by atoms with Gasteiger partial charge < -0.3 is 15.0 Å². The normalized spacial score (nSPS) is 21.2. The molecule has 116 valence electrons. The van der Waals surface area contributed by atoms with E-state index in [4.69, 9.17) is 28.6 Å². The van der Waals surface area contributed by atoms with Gasteiger partial charge in [0.2, 0.25) is 0 Å². The highest BCUT2D eigenvalue weighted by Gasteiger charge is 2.40. The summed E-state index contributed by atoms with van der Waals surface area (Å²) >= 11 is 13.2. The van der Waals surface area contributed by atoms with Crippen molar-refractivity contribution in [1.82, 2.24) is 15.2 Å². The van der Waals surface area contributed by atoms with E-state index in [-0.39, 0.29) is 12.1 Å². The lowest BCUT2D eigenvalue weighted by atomic mass is 10.0. The highest BCUT2D eigenvalue weighted by atomic mass is 35.5. The predicted molar refractivity (Wildman–Crippen MR) is 93.4 cm³/mol. The number of aromatic nitrogens is 1. The number of rotatable bonds is 5. The van der Waals surface area contributed by atoms with Gasteiger partial charge in [0.05, 0.1) is 28.7 Å². The van der Waals surface area contributed by atoms with Gasteiger partial charge in [0, 0.05) is 24.7 Å². The first-order chi connectivity index (χ1) is 10.7. The van der Waals surface area contributed by atoms with Crippen molar-refractivity contribution in [3.63, 3.8) is 0 Å². The van der Waals surface area contributed by atoms with Gasteiger partial charge in [0.15, 0.2) is 5.11 Å². The van der Waals surface area contributed by atoms with E-state index in [1.54, 1.807) is 24.6 Å². The fourth-order valence-corrected chi connectivity index (χ4v) is 4.18. The molecule has 0 aromatic carbocycles. The van der Waals surface area contributed by atoms with Gasteiger partial charge in [0.1, 0.15) is 0 Å². The van der Waals surface area contributed by atoms with Crippen LogP contribution >= 0.6 is 35.2 Å². The van der Waals surface area contributed by atoms with Crippen LogP contribution in [0.15, 0.2) is 36.5 Å². The lowest BCUT2D eigenvalue weighted by Gasteiger charge is -2.26. The molecule has 1 fully saturated rings. The van der Waals surface area contributed by atoms with Crippen molar-refractivity contribution in [2.24, 2.45) is 0 Å². The smallest absolute Gasteiger partial charge is 0.170 e. The average Bonchev–Trinajstić information content (AvgIpc) is 3.09. The number of pyridine rings is 1. The Morgan fingerprint density at radius 1 is 1.41 bits per heavy atom. The molecular weight excluding hydrogens is 338 g/mol. The molecule has 0 saturated carbocycles. The third-order valence-corrected chi connectivity index (χ3v) is 5.27. The minimum absolute atomic E-state index is 0.0141. The van der Waals surface area contributed by atoms with Gasteiger partial charge in [-0.15, -0.1) is 11.3 Å². The predicted octanol–water partition coefficient (Wildman–Crippen LogP) is 3.42. The maximum absolute atomic E-state index is 6.13. The first-order valence-corrected chi connectivity index (χ1v) is 8.53. The van der Waals surface area contributed by atoms with Crippen LogP contribution in [-0.2, 0) is 4.74 Å². The fourth-order valence-electron chi connectivity index (χ4n) is 2.63. The minimum atomic E-state index is 0.0141. The van der Waals surface area contributed by atoms with E-state index in [9.17, 15) is 0 Å². The van der Waals surface area contributed by atoms with Crippen LogP contribution in [0.25, 0.3) is 0 Å². The summed E-state index contributed by atoms with van der Waals surface area (Å²) < 4.78 is 5.99. The molecule has 2 aromatic heterocycles. The van der Waals surface area contributed by atoms with Gasteiger partial charge in [0.25, 0.3) is 0 Å². The molecule has 2 atom stereocenters. The van der Waals surface area contributed by atoms with Crippen molar-refractivity contribution in [3.05, 3.63) is 51.4 Å². The van der Waals surface area contributed by atoms with E-state index in [0.29, 0.717) is 6.61 Å². The molecule has 0 aliphatic carbocycles. The summed E-state index contributed by atoms with van der Waals surface area (Å²) in [6.07, 6.45) is 1.80. The first-order valence-electron chi connectivity index (χ1n) is 6.93. The van der Waals surface area contributed by atoms with Crippen molar-refractivity contribution in [2.45, 2.75) is 12.1 Å². The lowest BCUT2D eigenvalue weighted by Crippen LogP contribution is -2.32. The molecule has 0 amide bonds. The highest BCUT2D eigenvalue weighted by molar-refractivity contribution is 7.80. The van der Waals surface area contributed by atoms with Crippen LogP contribution in [0.2, 0.25) is 4.34 Å². The molecule has 2 aromatic rings. The van der Waals surface area contributed by atoms with Gasteiger partial charge in [-0.25, -0.2) is 0 Å². The number of methoxy groups -OCH3 is 1. The van der Waals surface area contributed by atoms with Crippen molar-refractivity contribution in [1.29, 1.82) is 0 Å². The van der Waals surface area contributed by atoms with E-state index in [1.807, 2.05) is 24.3 Å². The monoisotopic (exact) mass is 353 g/mol. The zero-order chi connectivity index (χ0) is 15.5. The summed E-state index contributed by atoms with van der Waals surface area (Å²) in [4.78, 5) is 7.81. The van der Waals surface area contributed by atoms with Crippen LogP contribution in [0.3, 0.4) is 0 Å². The second-order valence-corrected chi connectivity index (χ2v) is 7.09. The number of nitrogens with one attached hydrogen (secondary N) is 1. The van der Waals surface area contributed by atoms with Gasteiger partial charge in [-0.1, -0.05) is 17.7 Å². The van der Waals surface area contributed by atoms with Crippen LogP contribution < -0.4 is 5.32 Å². The lowest BCUT2D eigenvalue weighted by molar-refractivity contribution is 0.164. The first kappa shape index (κ1) is 15.7. The van der Waals surface area contributed by atoms with E-state index >= 15 is 0 Å². The molecule has 1 saturated heterocycles. The Labute approximate surface area is 144 Å². The zero-order valence-corrected chi connectivity index (χ0v) is 14.4. The Hall–Kier alpha value is -1.21. The zero-order valence-electron chi connectivity index (χ0n) is 12.0. The van der Waals surface area contributed by atoms with Crippen molar-refractivity contribution in [3.8, 4) is 0 Å². The number of hydrogen-bond donors (Lipinski definition) is 1. The van der Waals surface area contributed by atoms with Gasteiger partial charge in [-0.3, -0.25) is 4.98 Å². The molecule has 1 aliphatic heterocycles. The summed E-state index contributed by atoms with van der Waals surface area (Å²) in [6, 6.07) is 9.99. The average molecular weight is 354 g/mol.